The summed E-state index contributed by atoms with van der Waals surface area (Å²) in [4.78, 5) is 26.1. The molecule has 0 N–H and O–H groups in total. The molecule has 0 amide bonds. The highest BCUT2D eigenvalue weighted by atomic mass is 32.1. The molecule has 0 bridgehead atoms. The van der Waals surface area contributed by atoms with E-state index in [1.165, 1.54) is 53.0 Å². The van der Waals surface area contributed by atoms with E-state index in [0.717, 1.165) is 19.3 Å². The molecule has 1 aliphatic carbocycles. The first-order valence-electron chi connectivity index (χ1n) is 7.17. The fourth-order valence-electron chi connectivity index (χ4n) is 2.55. The molecule has 3 nitrogen and oxygen atoms in total. The van der Waals surface area contributed by atoms with Crippen molar-refractivity contribution in [1.29, 1.82) is 0 Å². The van der Waals surface area contributed by atoms with E-state index in [1.807, 2.05) is 6.07 Å². The number of fused-ring (bicyclic) bond motifs is 1. The van der Waals surface area contributed by atoms with Crippen LogP contribution in [0.2, 0.25) is 0 Å². The number of ketones is 1. The molecule has 0 aliphatic heterocycles. The van der Waals surface area contributed by atoms with Crippen LogP contribution in [-0.2, 0) is 17.6 Å². The maximum absolute atomic E-state index is 12.9. The van der Waals surface area contributed by atoms with Gasteiger partial charge in [-0.3, -0.25) is 4.79 Å². The van der Waals surface area contributed by atoms with E-state index in [9.17, 15) is 14.0 Å². The van der Waals surface area contributed by atoms with Gasteiger partial charge < -0.3 is 4.74 Å². The zero-order chi connectivity index (χ0) is 15.7. The molecule has 0 spiro atoms. The number of esters is 1. The molecule has 0 radical (unpaired) electrons. The van der Waals surface area contributed by atoms with Gasteiger partial charge in [-0.05, 0) is 62.1 Å². The third-order valence-electron chi connectivity index (χ3n) is 3.73. The van der Waals surface area contributed by atoms with Gasteiger partial charge in [0.25, 0.3) is 0 Å². The Labute approximate surface area is 131 Å². The van der Waals surface area contributed by atoms with Gasteiger partial charge in [-0.2, -0.15) is 0 Å². The lowest BCUT2D eigenvalue weighted by molar-refractivity contribution is 0.0323. The van der Waals surface area contributed by atoms with Gasteiger partial charge in [-0.15, -0.1) is 11.3 Å². The fourth-order valence-corrected chi connectivity index (χ4v) is 3.69. The highest BCUT2D eigenvalue weighted by Crippen LogP contribution is 2.31. The van der Waals surface area contributed by atoms with Gasteiger partial charge in [0.2, 0.25) is 5.78 Å². The zero-order valence-electron chi connectivity index (χ0n) is 12.1. The summed E-state index contributed by atoms with van der Waals surface area (Å²) in [5, 5.41) is 0. The number of thiophene rings is 1. The first-order valence-corrected chi connectivity index (χ1v) is 7.98. The molecule has 2 aromatic rings. The Morgan fingerprint density at radius 2 is 1.95 bits per heavy atom. The second kappa shape index (κ2) is 6.01. The summed E-state index contributed by atoms with van der Waals surface area (Å²) < 4.78 is 18.1. The van der Waals surface area contributed by atoms with Crippen LogP contribution in [0.25, 0.3) is 0 Å². The van der Waals surface area contributed by atoms with E-state index < -0.39 is 17.9 Å². The second-order valence-electron chi connectivity index (χ2n) is 5.33. The molecule has 0 saturated carbocycles. The minimum Gasteiger partial charge on any atom is -0.450 e. The molecule has 1 heterocycles. The number of hydrogen-bond acceptors (Lipinski definition) is 4. The Kier molecular flexibility index (Phi) is 4.07. The van der Waals surface area contributed by atoms with Gasteiger partial charge in [0.1, 0.15) is 10.7 Å². The third kappa shape index (κ3) is 2.95. The van der Waals surface area contributed by atoms with Crippen molar-refractivity contribution >= 4 is 23.1 Å². The van der Waals surface area contributed by atoms with E-state index in [1.54, 1.807) is 0 Å². The largest absolute Gasteiger partial charge is 0.450 e. The topological polar surface area (TPSA) is 43.4 Å². The Morgan fingerprint density at radius 3 is 2.64 bits per heavy atom. The minimum atomic E-state index is -0.894. The van der Waals surface area contributed by atoms with Crippen LogP contribution in [0.3, 0.4) is 0 Å². The van der Waals surface area contributed by atoms with Crippen molar-refractivity contribution < 1.29 is 18.7 Å². The Hall–Kier alpha value is -2.01. The van der Waals surface area contributed by atoms with Crippen molar-refractivity contribution in [3.63, 3.8) is 0 Å². The Bertz CT molecular complexity index is 697. The van der Waals surface area contributed by atoms with E-state index >= 15 is 0 Å². The molecular formula is C17H15FO3S. The first-order chi connectivity index (χ1) is 10.5. The Balaban J connectivity index is 1.67. The molecule has 1 aliphatic rings. The predicted molar refractivity (Wildman–Crippen MR) is 82.0 cm³/mol. The van der Waals surface area contributed by atoms with Crippen molar-refractivity contribution in [2.75, 3.05) is 0 Å². The van der Waals surface area contributed by atoms with E-state index in [2.05, 4.69) is 0 Å². The third-order valence-corrected chi connectivity index (χ3v) is 4.95. The monoisotopic (exact) mass is 318 g/mol. The number of rotatable bonds is 4. The summed E-state index contributed by atoms with van der Waals surface area (Å²) in [5.74, 6) is -1.21. The molecule has 0 unspecified atom stereocenters. The predicted octanol–water partition coefficient (Wildman–Crippen LogP) is 3.80. The van der Waals surface area contributed by atoms with E-state index in [0.29, 0.717) is 10.4 Å². The standard InChI is InChI=1S/C17H15FO3S/c1-10(16(19)11-5-7-13(18)8-6-11)21-17(20)15-9-12-3-2-4-14(12)22-15/h5-10H,2-4H2,1H3/t10-/m0/s1. The second-order valence-corrected chi connectivity index (χ2v) is 6.47. The average Bonchev–Trinajstić information content (AvgIpc) is 3.08. The molecule has 1 atom stereocenters. The van der Waals surface area contributed by atoms with Crippen LogP contribution in [-0.4, -0.2) is 17.9 Å². The van der Waals surface area contributed by atoms with Crippen molar-refractivity contribution in [2.45, 2.75) is 32.3 Å². The number of Topliss-reactive ketones (excluding diaryl/α,β-unsaturated/α-hetero) is 1. The summed E-state index contributed by atoms with van der Waals surface area (Å²) >= 11 is 1.45. The quantitative estimate of drug-likeness (QED) is 0.636. The molecule has 1 aromatic carbocycles. The molecule has 3 rings (SSSR count). The first kappa shape index (κ1) is 14.9. The highest BCUT2D eigenvalue weighted by Gasteiger charge is 2.24. The minimum absolute atomic E-state index is 0.329. The van der Waals surface area contributed by atoms with Gasteiger partial charge in [0.15, 0.2) is 6.10 Å². The maximum atomic E-state index is 12.9. The number of hydrogen-bond donors (Lipinski definition) is 0. The van der Waals surface area contributed by atoms with Crippen LogP contribution >= 0.6 is 11.3 Å². The van der Waals surface area contributed by atoms with Crippen molar-refractivity contribution in [3.05, 3.63) is 57.0 Å². The Morgan fingerprint density at radius 1 is 1.23 bits per heavy atom. The number of carbonyl (C=O) groups is 2. The van der Waals surface area contributed by atoms with Crippen LogP contribution in [0.5, 0.6) is 0 Å². The normalized spacial score (nSPS) is 14.5. The van der Waals surface area contributed by atoms with Gasteiger partial charge >= 0.3 is 5.97 Å². The highest BCUT2D eigenvalue weighted by molar-refractivity contribution is 7.14. The SMILES string of the molecule is C[C@H](OC(=O)c1cc2c(s1)CCC2)C(=O)c1ccc(F)cc1. The molecule has 1 aromatic heterocycles. The number of benzene rings is 1. The van der Waals surface area contributed by atoms with Gasteiger partial charge in [-0.1, -0.05) is 0 Å². The van der Waals surface area contributed by atoms with Crippen LogP contribution in [0.1, 0.15) is 43.8 Å². The summed E-state index contributed by atoms with van der Waals surface area (Å²) in [7, 11) is 0. The lowest BCUT2D eigenvalue weighted by Crippen LogP contribution is -2.24. The summed E-state index contributed by atoms with van der Waals surface area (Å²) in [5.41, 5.74) is 1.55. The number of ether oxygens (including phenoxy) is 1. The number of carbonyl (C=O) groups excluding carboxylic acids is 2. The zero-order valence-corrected chi connectivity index (χ0v) is 12.9. The van der Waals surface area contributed by atoms with Crippen molar-refractivity contribution in [3.8, 4) is 0 Å². The van der Waals surface area contributed by atoms with Gasteiger partial charge in [0.05, 0.1) is 0 Å². The summed E-state index contributed by atoms with van der Waals surface area (Å²) in [6.07, 6.45) is 2.26. The van der Waals surface area contributed by atoms with Crippen LogP contribution in [0.15, 0.2) is 30.3 Å². The lowest BCUT2D eigenvalue weighted by Gasteiger charge is -2.11. The molecule has 0 saturated heterocycles. The molecule has 22 heavy (non-hydrogen) atoms. The van der Waals surface area contributed by atoms with Gasteiger partial charge in [-0.25, -0.2) is 9.18 Å². The van der Waals surface area contributed by atoms with E-state index in [-0.39, 0.29) is 5.78 Å². The average molecular weight is 318 g/mol. The maximum Gasteiger partial charge on any atom is 0.349 e. The fraction of sp³-hybridized carbons (Fsp3) is 0.294. The van der Waals surface area contributed by atoms with Crippen LogP contribution in [0, 0.1) is 5.82 Å². The molecule has 114 valence electrons. The summed E-state index contributed by atoms with van der Waals surface area (Å²) in [6, 6.07) is 7.07. The smallest absolute Gasteiger partial charge is 0.349 e. The molecule has 5 heteroatoms. The molecular weight excluding hydrogens is 303 g/mol. The van der Waals surface area contributed by atoms with Gasteiger partial charge in [0, 0.05) is 10.4 Å². The molecule has 0 fully saturated rings. The van der Waals surface area contributed by atoms with E-state index in [4.69, 9.17) is 4.74 Å². The number of aryl methyl sites for hydroxylation is 2. The summed E-state index contributed by atoms with van der Waals surface area (Å²) in [6.45, 7) is 1.53. The lowest BCUT2D eigenvalue weighted by atomic mass is 10.1. The van der Waals surface area contributed by atoms with Crippen LogP contribution in [0.4, 0.5) is 4.39 Å². The van der Waals surface area contributed by atoms with Crippen LogP contribution < -0.4 is 0 Å². The van der Waals surface area contributed by atoms with Crippen molar-refractivity contribution in [2.24, 2.45) is 0 Å². The number of halogens is 1. The van der Waals surface area contributed by atoms with Crippen molar-refractivity contribution in [1.82, 2.24) is 0 Å².